The summed E-state index contributed by atoms with van der Waals surface area (Å²) in [5.41, 5.74) is 2.90. The molecule has 0 spiro atoms. The van der Waals surface area contributed by atoms with E-state index in [2.05, 4.69) is 5.32 Å². The highest BCUT2D eigenvalue weighted by Gasteiger charge is 2.50. The molecule has 3 atom stereocenters. The standard InChI is InChI=1S/C23H25FN2O3/c1-14(28)26-20(12-25-23(29)18-6-7-18)22(21(26)13-27)17-4-2-15(3-5-17)16-8-10-19(24)11-9-16/h2-5,8-11,18,20-22,27H,6-7,12-13H2,1H3,(H,25,29)/t20-,21+,22+/m0/s1. The second kappa shape index (κ2) is 7.95. The predicted molar refractivity (Wildman–Crippen MR) is 107 cm³/mol. The van der Waals surface area contributed by atoms with Crippen molar-refractivity contribution in [1.82, 2.24) is 10.2 Å². The van der Waals surface area contributed by atoms with Gasteiger partial charge in [-0.15, -0.1) is 0 Å². The van der Waals surface area contributed by atoms with Crippen LogP contribution in [0.5, 0.6) is 0 Å². The Hall–Kier alpha value is -2.73. The van der Waals surface area contributed by atoms with Gasteiger partial charge in [0.2, 0.25) is 11.8 Å². The number of carbonyl (C=O) groups excluding carboxylic acids is 2. The quantitative estimate of drug-likeness (QED) is 0.789. The number of carbonyl (C=O) groups is 2. The Bertz CT molecular complexity index is 893. The molecule has 1 saturated heterocycles. The van der Waals surface area contributed by atoms with Gasteiger partial charge >= 0.3 is 0 Å². The number of amides is 2. The normalized spacial score (nSPS) is 23.4. The molecule has 4 rings (SSSR count). The van der Waals surface area contributed by atoms with Crippen LogP contribution in [0.4, 0.5) is 4.39 Å². The van der Waals surface area contributed by atoms with Crippen LogP contribution >= 0.6 is 0 Å². The van der Waals surface area contributed by atoms with Gasteiger partial charge < -0.3 is 15.3 Å². The van der Waals surface area contributed by atoms with Crippen LogP contribution in [0, 0.1) is 11.7 Å². The summed E-state index contributed by atoms with van der Waals surface area (Å²) < 4.78 is 13.2. The molecule has 152 valence electrons. The maximum atomic E-state index is 13.2. The Morgan fingerprint density at radius 3 is 2.14 bits per heavy atom. The van der Waals surface area contributed by atoms with E-state index < -0.39 is 0 Å². The van der Waals surface area contributed by atoms with Crippen LogP contribution in [0.1, 0.15) is 31.2 Å². The first kappa shape index (κ1) is 19.6. The molecule has 1 aliphatic heterocycles. The highest BCUT2D eigenvalue weighted by Crippen LogP contribution is 2.41. The van der Waals surface area contributed by atoms with E-state index in [0.717, 1.165) is 29.5 Å². The van der Waals surface area contributed by atoms with Crippen LogP contribution in [0.2, 0.25) is 0 Å². The van der Waals surface area contributed by atoms with E-state index in [0.29, 0.717) is 6.54 Å². The van der Waals surface area contributed by atoms with Crippen molar-refractivity contribution < 1.29 is 19.1 Å². The molecule has 2 N–H and O–H groups in total. The number of aliphatic hydroxyl groups excluding tert-OH is 1. The molecular formula is C23H25FN2O3. The molecule has 0 unspecified atom stereocenters. The Labute approximate surface area is 169 Å². The van der Waals surface area contributed by atoms with E-state index in [1.807, 2.05) is 24.3 Å². The third kappa shape index (κ3) is 3.90. The van der Waals surface area contributed by atoms with Gasteiger partial charge in [0.25, 0.3) is 0 Å². The summed E-state index contributed by atoms with van der Waals surface area (Å²) in [5.74, 6) is -0.264. The number of aliphatic hydroxyl groups is 1. The fourth-order valence-electron chi connectivity index (χ4n) is 4.32. The molecule has 1 saturated carbocycles. The summed E-state index contributed by atoms with van der Waals surface area (Å²) in [7, 11) is 0. The highest BCUT2D eigenvalue weighted by atomic mass is 19.1. The fraction of sp³-hybridized carbons (Fsp3) is 0.391. The smallest absolute Gasteiger partial charge is 0.223 e. The van der Waals surface area contributed by atoms with E-state index in [9.17, 15) is 19.1 Å². The van der Waals surface area contributed by atoms with Crippen molar-refractivity contribution in [3.05, 3.63) is 59.9 Å². The Morgan fingerprint density at radius 1 is 1.03 bits per heavy atom. The zero-order valence-corrected chi connectivity index (χ0v) is 16.3. The molecule has 0 radical (unpaired) electrons. The summed E-state index contributed by atoms with van der Waals surface area (Å²) in [6.45, 7) is 1.75. The van der Waals surface area contributed by atoms with Crippen LogP contribution in [0.15, 0.2) is 48.5 Å². The van der Waals surface area contributed by atoms with Gasteiger partial charge in [-0.3, -0.25) is 9.59 Å². The van der Waals surface area contributed by atoms with Gasteiger partial charge in [0.05, 0.1) is 18.7 Å². The number of nitrogens with zero attached hydrogens (tertiary/aromatic N) is 1. The van der Waals surface area contributed by atoms with Gasteiger partial charge in [0, 0.05) is 25.3 Å². The fourth-order valence-corrected chi connectivity index (χ4v) is 4.32. The molecule has 2 aromatic carbocycles. The van der Waals surface area contributed by atoms with Crippen molar-refractivity contribution >= 4 is 11.8 Å². The van der Waals surface area contributed by atoms with Crippen molar-refractivity contribution in [3.63, 3.8) is 0 Å². The first-order chi connectivity index (χ1) is 14.0. The SMILES string of the molecule is CC(=O)N1[C@H](CO)[C@H](c2ccc(-c3ccc(F)cc3)cc2)[C@@H]1CNC(=O)C1CC1. The average molecular weight is 396 g/mol. The summed E-state index contributed by atoms with van der Waals surface area (Å²) in [6.07, 6.45) is 1.86. The van der Waals surface area contributed by atoms with Gasteiger partial charge in [0.1, 0.15) is 5.82 Å². The number of halogens is 1. The monoisotopic (exact) mass is 396 g/mol. The molecule has 0 aromatic heterocycles. The number of benzene rings is 2. The number of hydrogen-bond donors (Lipinski definition) is 2. The van der Waals surface area contributed by atoms with Crippen molar-refractivity contribution in [2.24, 2.45) is 5.92 Å². The maximum absolute atomic E-state index is 13.2. The predicted octanol–water partition coefficient (Wildman–Crippen LogP) is 2.69. The number of rotatable bonds is 6. The molecule has 29 heavy (non-hydrogen) atoms. The first-order valence-corrected chi connectivity index (χ1v) is 10.0. The minimum absolute atomic E-state index is 0.0476. The lowest BCUT2D eigenvalue weighted by atomic mass is 9.74. The number of nitrogens with one attached hydrogen (secondary N) is 1. The van der Waals surface area contributed by atoms with E-state index in [4.69, 9.17) is 0 Å². The van der Waals surface area contributed by atoms with Gasteiger partial charge in [-0.1, -0.05) is 36.4 Å². The number of hydrogen-bond acceptors (Lipinski definition) is 3. The molecule has 1 heterocycles. The van der Waals surface area contributed by atoms with E-state index in [1.165, 1.54) is 19.1 Å². The lowest BCUT2D eigenvalue weighted by Crippen LogP contribution is -2.68. The second-order valence-corrected chi connectivity index (χ2v) is 7.92. The summed E-state index contributed by atoms with van der Waals surface area (Å²) in [5, 5.41) is 12.8. The molecular weight excluding hydrogens is 371 g/mol. The summed E-state index contributed by atoms with van der Waals surface area (Å²) in [4.78, 5) is 25.8. The van der Waals surface area contributed by atoms with Crippen LogP contribution in [-0.2, 0) is 9.59 Å². The van der Waals surface area contributed by atoms with Gasteiger partial charge in [0.15, 0.2) is 0 Å². The zero-order valence-electron chi connectivity index (χ0n) is 16.3. The molecule has 2 aromatic rings. The highest BCUT2D eigenvalue weighted by molar-refractivity contribution is 5.81. The van der Waals surface area contributed by atoms with Crippen LogP contribution in [-0.4, -0.2) is 47.1 Å². The van der Waals surface area contributed by atoms with Gasteiger partial charge in [-0.25, -0.2) is 4.39 Å². The van der Waals surface area contributed by atoms with Crippen LogP contribution < -0.4 is 5.32 Å². The third-order valence-electron chi connectivity index (χ3n) is 6.00. The number of likely N-dealkylation sites (tertiary alicyclic amines) is 1. The lowest BCUT2D eigenvalue weighted by Gasteiger charge is -2.54. The molecule has 6 heteroatoms. The minimum Gasteiger partial charge on any atom is -0.394 e. The van der Waals surface area contributed by atoms with E-state index in [1.54, 1.807) is 17.0 Å². The first-order valence-electron chi connectivity index (χ1n) is 10.0. The molecule has 0 bridgehead atoms. The van der Waals surface area contributed by atoms with Crippen molar-refractivity contribution in [2.45, 2.75) is 37.8 Å². The molecule has 1 aliphatic carbocycles. The average Bonchev–Trinajstić information content (AvgIpc) is 3.53. The Kier molecular flexibility index (Phi) is 5.37. The van der Waals surface area contributed by atoms with Gasteiger partial charge in [-0.05, 0) is 41.7 Å². The van der Waals surface area contributed by atoms with E-state index in [-0.39, 0.29) is 48.2 Å². The topological polar surface area (TPSA) is 69.6 Å². The molecule has 2 aliphatic rings. The third-order valence-corrected chi connectivity index (χ3v) is 6.00. The molecule has 2 amide bonds. The second-order valence-electron chi connectivity index (χ2n) is 7.92. The largest absolute Gasteiger partial charge is 0.394 e. The lowest BCUT2D eigenvalue weighted by molar-refractivity contribution is -0.148. The summed E-state index contributed by atoms with van der Waals surface area (Å²) in [6, 6.07) is 13.8. The van der Waals surface area contributed by atoms with Crippen LogP contribution in [0.3, 0.4) is 0 Å². The maximum Gasteiger partial charge on any atom is 0.223 e. The Balaban J connectivity index is 1.53. The van der Waals surface area contributed by atoms with Gasteiger partial charge in [-0.2, -0.15) is 0 Å². The van der Waals surface area contributed by atoms with Crippen molar-refractivity contribution in [1.29, 1.82) is 0 Å². The molecule has 5 nitrogen and oxygen atoms in total. The Morgan fingerprint density at radius 2 is 1.62 bits per heavy atom. The zero-order chi connectivity index (χ0) is 20.5. The molecule has 2 fully saturated rings. The van der Waals surface area contributed by atoms with Crippen molar-refractivity contribution in [3.8, 4) is 11.1 Å². The summed E-state index contributed by atoms with van der Waals surface area (Å²) >= 11 is 0. The van der Waals surface area contributed by atoms with Crippen LogP contribution in [0.25, 0.3) is 11.1 Å². The van der Waals surface area contributed by atoms with Crippen molar-refractivity contribution in [2.75, 3.05) is 13.2 Å². The van der Waals surface area contributed by atoms with E-state index >= 15 is 0 Å². The minimum atomic E-state index is -0.299.